The van der Waals surface area contributed by atoms with Crippen LogP contribution in [0.3, 0.4) is 0 Å². The molecular formula is C12H14O3. The molecular weight excluding hydrogens is 192 g/mol. The molecule has 15 heavy (non-hydrogen) atoms. The van der Waals surface area contributed by atoms with Crippen LogP contribution in [0.5, 0.6) is 0 Å². The topological polar surface area (TPSA) is 43.4 Å². The monoisotopic (exact) mass is 206 g/mol. The van der Waals surface area contributed by atoms with Crippen LogP contribution in [-0.4, -0.2) is 18.2 Å². The van der Waals surface area contributed by atoms with Gasteiger partial charge in [0.2, 0.25) is 0 Å². The maximum absolute atomic E-state index is 11.6. The molecule has 0 N–H and O–H groups in total. The first-order valence-corrected chi connectivity index (χ1v) is 5.30. The first-order chi connectivity index (χ1) is 7.22. The fraction of sp³-hybridized carbons (Fsp3) is 0.500. The third-order valence-corrected chi connectivity index (χ3v) is 2.98. The number of fused-ring (bicyclic) bond motifs is 1. The Hall–Kier alpha value is -1.38. The van der Waals surface area contributed by atoms with E-state index in [1.807, 2.05) is 13.0 Å². The van der Waals surface area contributed by atoms with Gasteiger partial charge in [-0.25, -0.2) is 0 Å². The van der Waals surface area contributed by atoms with Crippen molar-refractivity contribution in [2.75, 3.05) is 6.61 Å². The lowest BCUT2D eigenvalue weighted by Gasteiger charge is -2.29. The van der Waals surface area contributed by atoms with Crippen LogP contribution in [0.2, 0.25) is 0 Å². The Kier molecular flexibility index (Phi) is 2.71. The van der Waals surface area contributed by atoms with E-state index in [1.54, 1.807) is 0 Å². The van der Waals surface area contributed by atoms with Gasteiger partial charge in [-0.05, 0) is 31.6 Å². The summed E-state index contributed by atoms with van der Waals surface area (Å²) in [6.45, 7) is 2.53. The van der Waals surface area contributed by atoms with Crippen molar-refractivity contribution in [2.45, 2.75) is 19.8 Å². The normalized spacial score (nSPS) is 29.8. The summed E-state index contributed by atoms with van der Waals surface area (Å²) in [5.74, 6) is 0.659. The summed E-state index contributed by atoms with van der Waals surface area (Å²) in [4.78, 5) is 23.1. The summed E-state index contributed by atoms with van der Waals surface area (Å²) < 4.78 is 5.39. The summed E-state index contributed by atoms with van der Waals surface area (Å²) in [5.41, 5.74) is 0. The van der Waals surface area contributed by atoms with Gasteiger partial charge in [0.05, 0.1) is 12.4 Å². The van der Waals surface area contributed by atoms with Crippen molar-refractivity contribution in [1.82, 2.24) is 0 Å². The largest absolute Gasteiger partial charge is 0.499 e. The zero-order valence-electron chi connectivity index (χ0n) is 8.73. The van der Waals surface area contributed by atoms with E-state index in [-0.39, 0.29) is 23.4 Å². The number of ether oxygens (including phenoxy) is 1. The number of allylic oxidation sites excluding steroid dienone is 4. The minimum absolute atomic E-state index is 0.0601. The molecule has 0 fully saturated rings. The van der Waals surface area contributed by atoms with Crippen molar-refractivity contribution < 1.29 is 14.3 Å². The van der Waals surface area contributed by atoms with E-state index in [9.17, 15) is 9.59 Å². The highest BCUT2D eigenvalue weighted by Gasteiger charge is 2.37. The van der Waals surface area contributed by atoms with Crippen molar-refractivity contribution in [1.29, 1.82) is 0 Å². The lowest BCUT2D eigenvalue weighted by Crippen LogP contribution is -2.34. The van der Waals surface area contributed by atoms with Crippen LogP contribution in [-0.2, 0) is 14.3 Å². The maximum atomic E-state index is 11.6. The molecule has 0 saturated carbocycles. The smallest absolute Gasteiger partial charge is 0.160 e. The zero-order chi connectivity index (χ0) is 10.8. The van der Waals surface area contributed by atoms with Crippen LogP contribution in [0.4, 0.5) is 0 Å². The summed E-state index contributed by atoms with van der Waals surface area (Å²) in [6, 6.07) is 0. The molecule has 0 heterocycles. The van der Waals surface area contributed by atoms with E-state index in [1.165, 1.54) is 12.2 Å². The minimum Gasteiger partial charge on any atom is -0.499 e. The predicted octanol–water partition coefficient (Wildman–Crippen LogP) is 1.64. The van der Waals surface area contributed by atoms with Gasteiger partial charge in [0.25, 0.3) is 0 Å². The lowest BCUT2D eigenvalue weighted by molar-refractivity contribution is -0.129. The highest BCUT2D eigenvalue weighted by Crippen LogP contribution is 2.34. The Morgan fingerprint density at radius 1 is 1.27 bits per heavy atom. The minimum atomic E-state index is -0.186. The standard InChI is InChI=1S/C12H14O3/c1-2-15-8-3-4-9-10(7-8)12(14)6-5-11(9)13/h3,5-6,9-10H,2,4,7H2,1H3. The van der Waals surface area contributed by atoms with Gasteiger partial charge >= 0.3 is 0 Å². The molecule has 0 amide bonds. The van der Waals surface area contributed by atoms with E-state index in [0.717, 1.165) is 5.76 Å². The lowest BCUT2D eigenvalue weighted by atomic mass is 9.74. The van der Waals surface area contributed by atoms with Gasteiger partial charge in [-0.15, -0.1) is 0 Å². The summed E-state index contributed by atoms with van der Waals surface area (Å²) >= 11 is 0. The molecule has 80 valence electrons. The highest BCUT2D eigenvalue weighted by molar-refractivity contribution is 6.07. The second kappa shape index (κ2) is 4.01. The number of carbonyl (C=O) groups is 2. The molecule has 0 aromatic carbocycles. The number of hydrogen-bond acceptors (Lipinski definition) is 3. The van der Waals surface area contributed by atoms with Gasteiger partial charge in [-0.3, -0.25) is 9.59 Å². The second-order valence-electron chi connectivity index (χ2n) is 3.89. The summed E-state index contributed by atoms with van der Waals surface area (Å²) in [5, 5.41) is 0. The quantitative estimate of drug-likeness (QED) is 0.689. The van der Waals surface area contributed by atoms with Crippen molar-refractivity contribution in [3.8, 4) is 0 Å². The van der Waals surface area contributed by atoms with Gasteiger partial charge < -0.3 is 4.74 Å². The summed E-state index contributed by atoms with van der Waals surface area (Å²) in [6.07, 6.45) is 5.96. The molecule has 2 atom stereocenters. The van der Waals surface area contributed by atoms with Crippen LogP contribution < -0.4 is 0 Å². The SMILES string of the molecule is CCOC1=CCC2C(=O)C=CC(=O)C2C1. The molecule has 3 nitrogen and oxygen atoms in total. The van der Waals surface area contributed by atoms with Crippen LogP contribution >= 0.6 is 0 Å². The van der Waals surface area contributed by atoms with Crippen molar-refractivity contribution in [2.24, 2.45) is 11.8 Å². The molecule has 0 aromatic heterocycles. The molecule has 2 unspecified atom stereocenters. The number of ketones is 2. The maximum Gasteiger partial charge on any atom is 0.160 e. The van der Waals surface area contributed by atoms with E-state index in [0.29, 0.717) is 19.4 Å². The Balaban J connectivity index is 2.17. The van der Waals surface area contributed by atoms with Gasteiger partial charge in [-0.1, -0.05) is 0 Å². The van der Waals surface area contributed by atoms with Crippen molar-refractivity contribution in [3.63, 3.8) is 0 Å². The molecule has 0 saturated heterocycles. The molecule has 0 spiro atoms. The van der Waals surface area contributed by atoms with E-state index in [2.05, 4.69) is 0 Å². The van der Waals surface area contributed by atoms with Gasteiger partial charge in [-0.2, -0.15) is 0 Å². The molecule has 3 heteroatoms. The van der Waals surface area contributed by atoms with E-state index < -0.39 is 0 Å². The molecule has 2 aliphatic rings. The first-order valence-electron chi connectivity index (χ1n) is 5.30. The Bertz CT molecular complexity index is 352. The van der Waals surface area contributed by atoms with Crippen LogP contribution in [0.1, 0.15) is 19.8 Å². The predicted molar refractivity (Wildman–Crippen MR) is 55.1 cm³/mol. The number of rotatable bonds is 2. The van der Waals surface area contributed by atoms with E-state index >= 15 is 0 Å². The average Bonchev–Trinajstić information content (AvgIpc) is 2.24. The van der Waals surface area contributed by atoms with E-state index in [4.69, 9.17) is 4.74 Å². The number of hydrogen-bond donors (Lipinski definition) is 0. The van der Waals surface area contributed by atoms with Gasteiger partial charge in [0, 0.05) is 18.3 Å². The molecule has 0 aromatic rings. The van der Waals surface area contributed by atoms with Crippen molar-refractivity contribution >= 4 is 11.6 Å². The molecule has 2 rings (SSSR count). The second-order valence-corrected chi connectivity index (χ2v) is 3.89. The molecule has 0 aliphatic heterocycles. The van der Waals surface area contributed by atoms with Gasteiger partial charge in [0.1, 0.15) is 0 Å². The fourth-order valence-electron chi connectivity index (χ4n) is 2.19. The third-order valence-electron chi connectivity index (χ3n) is 2.98. The third kappa shape index (κ3) is 1.87. The Morgan fingerprint density at radius 2 is 1.93 bits per heavy atom. The number of carbonyl (C=O) groups excluding carboxylic acids is 2. The van der Waals surface area contributed by atoms with Crippen LogP contribution in [0.15, 0.2) is 24.0 Å². The van der Waals surface area contributed by atoms with Crippen molar-refractivity contribution in [3.05, 3.63) is 24.0 Å². The Labute approximate surface area is 88.8 Å². The first kappa shape index (κ1) is 10.1. The Morgan fingerprint density at radius 3 is 2.60 bits per heavy atom. The molecule has 0 bridgehead atoms. The average molecular weight is 206 g/mol. The zero-order valence-corrected chi connectivity index (χ0v) is 8.73. The summed E-state index contributed by atoms with van der Waals surface area (Å²) in [7, 11) is 0. The van der Waals surface area contributed by atoms with Gasteiger partial charge in [0.15, 0.2) is 11.6 Å². The van der Waals surface area contributed by atoms with Crippen LogP contribution in [0, 0.1) is 11.8 Å². The fourth-order valence-corrected chi connectivity index (χ4v) is 2.19. The molecule has 2 aliphatic carbocycles. The molecule has 0 radical (unpaired) electrons. The highest BCUT2D eigenvalue weighted by atomic mass is 16.5. The van der Waals surface area contributed by atoms with Crippen LogP contribution in [0.25, 0.3) is 0 Å².